The molecule has 1 N–H and O–H groups in total. The van der Waals surface area contributed by atoms with Gasteiger partial charge >= 0.3 is 12.3 Å². The average Bonchev–Trinajstić information content (AvgIpc) is 2.38. The number of carboxylic acid groups (broad SMARTS) is 1. The van der Waals surface area contributed by atoms with Crippen LogP contribution in [0.3, 0.4) is 0 Å². The lowest BCUT2D eigenvalue weighted by Crippen LogP contribution is -2.17. The molecule has 0 bridgehead atoms. The second-order valence-corrected chi connectivity index (χ2v) is 3.91. The number of aromatic carboxylic acids is 1. The Hall–Kier alpha value is -2.64. The van der Waals surface area contributed by atoms with Crippen molar-refractivity contribution in [1.29, 1.82) is 0 Å². The highest BCUT2D eigenvalue weighted by Gasteiger charge is 2.32. The number of para-hydroxylation sites is 1. The number of carboxylic acids is 1. The Bertz CT molecular complexity index is 685. The molecule has 8 heteroatoms. The number of benzene rings is 1. The van der Waals surface area contributed by atoms with E-state index in [-0.39, 0.29) is 11.1 Å². The zero-order valence-corrected chi connectivity index (χ0v) is 10.2. The SMILES string of the molecule is O=C(O)c1cnc(F)c(-c2ccccc2OC(F)(F)F)c1. The third kappa shape index (κ3) is 3.47. The Morgan fingerprint density at radius 1 is 1.19 bits per heavy atom. The Morgan fingerprint density at radius 2 is 1.86 bits per heavy atom. The maximum atomic E-state index is 13.7. The molecule has 2 rings (SSSR count). The minimum atomic E-state index is -4.95. The van der Waals surface area contributed by atoms with Gasteiger partial charge in [-0.25, -0.2) is 9.78 Å². The van der Waals surface area contributed by atoms with Gasteiger partial charge in [-0.15, -0.1) is 13.2 Å². The normalized spacial score (nSPS) is 11.2. The van der Waals surface area contributed by atoms with Gasteiger partial charge < -0.3 is 9.84 Å². The zero-order chi connectivity index (χ0) is 15.6. The zero-order valence-electron chi connectivity index (χ0n) is 10.2. The number of rotatable bonds is 3. The van der Waals surface area contributed by atoms with Crippen LogP contribution in [0.2, 0.25) is 0 Å². The molecule has 0 aliphatic heterocycles. The summed E-state index contributed by atoms with van der Waals surface area (Å²) in [6, 6.07) is 5.70. The minimum absolute atomic E-state index is 0.247. The van der Waals surface area contributed by atoms with E-state index in [2.05, 4.69) is 9.72 Å². The van der Waals surface area contributed by atoms with Crippen LogP contribution in [-0.2, 0) is 0 Å². The first-order chi connectivity index (χ1) is 9.78. The molecular formula is C13H7F4NO3. The summed E-state index contributed by atoms with van der Waals surface area (Å²) in [6.45, 7) is 0. The highest BCUT2D eigenvalue weighted by atomic mass is 19.4. The number of ether oxygens (including phenoxy) is 1. The van der Waals surface area contributed by atoms with Gasteiger partial charge in [-0.05, 0) is 12.1 Å². The van der Waals surface area contributed by atoms with Gasteiger partial charge in [0.05, 0.1) is 5.56 Å². The lowest BCUT2D eigenvalue weighted by atomic mass is 10.0. The molecule has 1 heterocycles. The van der Waals surface area contributed by atoms with Crippen molar-refractivity contribution in [2.24, 2.45) is 0 Å². The van der Waals surface area contributed by atoms with Gasteiger partial charge in [-0.3, -0.25) is 0 Å². The van der Waals surface area contributed by atoms with Crippen molar-refractivity contribution in [2.75, 3.05) is 0 Å². The largest absolute Gasteiger partial charge is 0.573 e. The van der Waals surface area contributed by atoms with E-state index in [0.717, 1.165) is 18.3 Å². The summed E-state index contributed by atoms with van der Waals surface area (Å²) in [7, 11) is 0. The molecule has 1 aromatic heterocycles. The van der Waals surface area contributed by atoms with Crippen molar-refractivity contribution in [3.63, 3.8) is 0 Å². The van der Waals surface area contributed by atoms with Gasteiger partial charge in [0.15, 0.2) is 0 Å². The summed E-state index contributed by atoms with van der Waals surface area (Å²) >= 11 is 0. The number of alkyl halides is 3. The Kier molecular flexibility index (Phi) is 3.79. The number of halogens is 4. The summed E-state index contributed by atoms with van der Waals surface area (Å²) < 4.78 is 54.4. The molecule has 0 amide bonds. The third-order valence-corrected chi connectivity index (χ3v) is 2.49. The van der Waals surface area contributed by atoms with E-state index in [9.17, 15) is 22.4 Å². The van der Waals surface area contributed by atoms with E-state index in [1.54, 1.807) is 0 Å². The van der Waals surface area contributed by atoms with E-state index in [4.69, 9.17) is 5.11 Å². The van der Waals surface area contributed by atoms with Crippen molar-refractivity contribution < 1.29 is 32.2 Å². The first-order valence-electron chi connectivity index (χ1n) is 5.52. The second kappa shape index (κ2) is 5.39. The van der Waals surface area contributed by atoms with Crippen molar-refractivity contribution >= 4 is 5.97 Å². The van der Waals surface area contributed by atoms with Gasteiger partial charge in [0.25, 0.3) is 0 Å². The molecule has 2 aromatic rings. The highest BCUT2D eigenvalue weighted by molar-refractivity contribution is 5.89. The average molecular weight is 301 g/mol. The molecule has 0 saturated heterocycles. The molecule has 4 nitrogen and oxygen atoms in total. The van der Waals surface area contributed by atoms with Crippen molar-refractivity contribution in [3.05, 3.63) is 48.0 Å². The number of nitrogens with zero attached hydrogens (tertiary/aromatic N) is 1. The number of hydrogen-bond acceptors (Lipinski definition) is 3. The summed E-state index contributed by atoms with van der Waals surface area (Å²) in [5.41, 5.74) is -0.995. The lowest BCUT2D eigenvalue weighted by molar-refractivity contribution is -0.274. The number of carbonyl (C=O) groups is 1. The van der Waals surface area contributed by atoms with E-state index in [1.807, 2.05) is 0 Å². The number of aromatic nitrogens is 1. The number of hydrogen-bond donors (Lipinski definition) is 1. The van der Waals surface area contributed by atoms with Crippen LogP contribution in [0.25, 0.3) is 11.1 Å². The van der Waals surface area contributed by atoms with Gasteiger partial charge in [0.1, 0.15) is 5.75 Å². The first kappa shape index (κ1) is 14.8. The molecule has 21 heavy (non-hydrogen) atoms. The summed E-state index contributed by atoms with van der Waals surface area (Å²) in [5, 5.41) is 8.83. The van der Waals surface area contributed by atoms with E-state index in [1.165, 1.54) is 18.2 Å². The fourth-order valence-electron chi connectivity index (χ4n) is 1.66. The molecule has 0 radical (unpaired) electrons. The van der Waals surface area contributed by atoms with Crippen LogP contribution in [-0.4, -0.2) is 22.4 Å². The maximum absolute atomic E-state index is 13.7. The summed E-state index contributed by atoms with van der Waals surface area (Å²) in [5.74, 6) is -3.12. The van der Waals surface area contributed by atoms with Crippen molar-refractivity contribution in [3.8, 4) is 16.9 Å². The van der Waals surface area contributed by atoms with Crippen molar-refractivity contribution in [2.45, 2.75) is 6.36 Å². The van der Waals surface area contributed by atoms with Gasteiger partial charge in [-0.1, -0.05) is 18.2 Å². The predicted molar refractivity (Wildman–Crippen MR) is 63.3 cm³/mol. The van der Waals surface area contributed by atoms with Crippen LogP contribution in [0.5, 0.6) is 5.75 Å². The standard InChI is InChI=1S/C13H7F4NO3/c14-11-9(5-7(6-18-11)12(19)20)8-3-1-2-4-10(8)21-13(15,16)17/h1-6H,(H,19,20). The molecule has 110 valence electrons. The fourth-order valence-corrected chi connectivity index (χ4v) is 1.66. The van der Waals surface area contributed by atoms with Crippen LogP contribution in [0.4, 0.5) is 17.6 Å². The molecule has 0 aliphatic carbocycles. The van der Waals surface area contributed by atoms with Crippen LogP contribution in [0.1, 0.15) is 10.4 Å². The topological polar surface area (TPSA) is 59.4 Å². The smallest absolute Gasteiger partial charge is 0.478 e. The second-order valence-electron chi connectivity index (χ2n) is 3.91. The van der Waals surface area contributed by atoms with Crippen LogP contribution in [0.15, 0.2) is 36.5 Å². The first-order valence-corrected chi connectivity index (χ1v) is 5.52. The van der Waals surface area contributed by atoms with Gasteiger partial charge in [-0.2, -0.15) is 4.39 Å². The van der Waals surface area contributed by atoms with Crippen molar-refractivity contribution in [1.82, 2.24) is 4.98 Å². The molecule has 1 aromatic carbocycles. The molecule has 0 aliphatic rings. The molecule has 0 atom stereocenters. The van der Waals surface area contributed by atoms with E-state index < -0.39 is 29.6 Å². The molecule has 0 spiro atoms. The van der Waals surface area contributed by atoms with Crippen LogP contribution >= 0.6 is 0 Å². The molecule has 0 unspecified atom stereocenters. The predicted octanol–water partition coefficient (Wildman–Crippen LogP) is 3.48. The maximum Gasteiger partial charge on any atom is 0.573 e. The van der Waals surface area contributed by atoms with Gasteiger partial charge in [0, 0.05) is 17.3 Å². The monoisotopic (exact) mass is 301 g/mol. The molecular weight excluding hydrogens is 294 g/mol. The molecule has 0 fully saturated rings. The molecule has 0 saturated carbocycles. The van der Waals surface area contributed by atoms with E-state index in [0.29, 0.717) is 0 Å². The van der Waals surface area contributed by atoms with Gasteiger partial charge in [0.2, 0.25) is 5.95 Å². The fraction of sp³-hybridized carbons (Fsp3) is 0.0769. The minimum Gasteiger partial charge on any atom is -0.478 e. The lowest BCUT2D eigenvalue weighted by Gasteiger charge is -2.13. The quantitative estimate of drug-likeness (QED) is 0.696. The summed E-state index contributed by atoms with van der Waals surface area (Å²) in [4.78, 5) is 14.1. The Morgan fingerprint density at radius 3 is 2.48 bits per heavy atom. The van der Waals surface area contributed by atoms with Crippen LogP contribution in [0, 0.1) is 5.95 Å². The third-order valence-electron chi connectivity index (χ3n) is 2.49. The van der Waals surface area contributed by atoms with E-state index >= 15 is 0 Å². The van der Waals surface area contributed by atoms with Crippen LogP contribution < -0.4 is 4.74 Å². The number of pyridine rings is 1. The summed E-state index contributed by atoms with van der Waals surface area (Å²) in [6.07, 6.45) is -4.18. The Balaban J connectivity index is 2.56. The Labute approximate surface area is 115 Å². The highest BCUT2D eigenvalue weighted by Crippen LogP contribution is 2.34.